The van der Waals surface area contributed by atoms with E-state index in [0.29, 0.717) is 37.4 Å². The lowest BCUT2D eigenvalue weighted by atomic mass is 9.96. The lowest BCUT2D eigenvalue weighted by Gasteiger charge is -2.25. The third-order valence-electron chi connectivity index (χ3n) is 6.26. The SMILES string of the molecule is CCOC(=O)C1=C(C)N=c2s/c(=C3\C(=O)N(C)c4ccccc43)c(=O)n2[C@H]1c1ccc(OC)c(Br)c1. The van der Waals surface area contributed by atoms with Crippen LogP contribution in [0.2, 0.25) is 0 Å². The maximum atomic E-state index is 14.0. The van der Waals surface area contributed by atoms with E-state index >= 15 is 0 Å². The molecule has 0 aliphatic carbocycles. The van der Waals surface area contributed by atoms with Gasteiger partial charge in [0, 0.05) is 12.6 Å². The van der Waals surface area contributed by atoms with Crippen molar-refractivity contribution >= 4 is 50.4 Å². The number of thiazole rings is 1. The summed E-state index contributed by atoms with van der Waals surface area (Å²) in [4.78, 5) is 46.9. The molecule has 0 bridgehead atoms. The molecule has 8 nitrogen and oxygen atoms in total. The van der Waals surface area contributed by atoms with E-state index in [1.165, 1.54) is 9.47 Å². The number of para-hydroxylation sites is 1. The van der Waals surface area contributed by atoms with E-state index in [2.05, 4.69) is 20.9 Å². The molecule has 0 spiro atoms. The van der Waals surface area contributed by atoms with E-state index in [4.69, 9.17) is 9.47 Å². The van der Waals surface area contributed by atoms with Crippen LogP contribution in [0.15, 0.2) is 68.0 Å². The predicted molar refractivity (Wildman–Crippen MR) is 140 cm³/mol. The van der Waals surface area contributed by atoms with E-state index in [1.807, 2.05) is 30.3 Å². The van der Waals surface area contributed by atoms with Crippen LogP contribution in [0.4, 0.5) is 5.69 Å². The van der Waals surface area contributed by atoms with E-state index in [9.17, 15) is 14.4 Å². The van der Waals surface area contributed by atoms with Gasteiger partial charge in [0.15, 0.2) is 4.80 Å². The minimum atomic E-state index is -0.790. The molecule has 0 N–H and O–H groups in total. The number of esters is 1. The molecule has 2 aliphatic rings. The average Bonchev–Trinajstić information content (AvgIpc) is 3.31. The van der Waals surface area contributed by atoms with Gasteiger partial charge in [0.2, 0.25) is 0 Å². The molecule has 10 heteroatoms. The molecule has 3 heterocycles. The molecule has 2 aromatic carbocycles. The molecule has 2 aliphatic heterocycles. The number of carbonyl (C=O) groups is 2. The van der Waals surface area contributed by atoms with Crippen molar-refractivity contribution in [2.45, 2.75) is 19.9 Å². The summed E-state index contributed by atoms with van der Waals surface area (Å²) in [5.41, 5.74) is 2.78. The zero-order chi connectivity index (χ0) is 25.7. The van der Waals surface area contributed by atoms with Crippen LogP contribution in [-0.2, 0) is 14.3 Å². The topological polar surface area (TPSA) is 90.2 Å². The quantitative estimate of drug-likeness (QED) is 0.452. The molecule has 184 valence electrons. The van der Waals surface area contributed by atoms with Crippen LogP contribution >= 0.6 is 27.3 Å². The number of hydrogen-bond donors (Lipinski definition) is 0. The molecule has 1 atom stereocenters. The van der Waals surface area contributed by atoms with Crippen LogP contribution in [0.5, 0.6) is 5.75 Å². The number of methoxy groups -OCH3 is 1. The van der Waals surface area contributed by atoms with Gasteiger partial charge in [-0.05, 0) is 53.5 Å². The summed E-state index contributed by atoms with van der Waals surface area (Å²) >= 11 is 4.65. The lowest BCUT2D eigenvalue weighted by Crippen LogP contribution is -2.40. The first-order valence-electron chi connectivity index (χ1n) is 11.2. The molecule has 3 aromatic rings. The number of benzene rings is 2. The standard InChI is InChI=1S/C26H22BrN3O5S/c1-5-35-25(33)19-13(2)28-26-30(21(19)14-10-11-18(34-4)16(27)12-14)24(32)22(36-26)20-15-8-6-7-9-17(15)29(3)23(20)31/h6-12,21H,5H2,1-4H3/b22-20-/t21-/m0/s1. The summed E-state index contributed by atoms with van der Waals surface area (Å²) in [5.74, 6) is -0.190. The van der Waals surface area contributed by atoms with Gasteiger partial charge >= 0.3 is 5.97 Å². The van der Waals surface area contributed by atoms with E-state index in [-0.39, 0.29) is 22.6 Å². The smallest absolute Gasteiger partial charge is 0.338 e. The highest BCUT2D eigenvalue weighted by molar-refractivity contribution is 9.10. The fourth-order valence-corrected chi connectivity index (χ4v) is 6.29. The number of ether oxygens (including phenoxy) is 2. The van der Waals surface area contributed by atoms with Gasteiger partial charge in [0.25, 0.3) is 11.5 Å². The van der Waals surface area contributed by atoms with Gasteiger partial charge in [-0.1, -0.05) is 35.6 Å². The Morgan fingerprint density at radius 1 is 1.19 bits per heavy atom. The monoisotopic (exact) mass is 567 g/mol. The van der Waals surface area contributed by atoms with Crippen LogP contribution < -0.4 is 24.5 Å². The number of aromatic nitrogens is 1. The maximum Gasteiger partial charge on any atom is 0.338 e. The van der Waals surface area contributed by atoms with Crippen molar-refractivity contribution in [3.63, 3.8) is 0 Å². The van der Waals surface area contributed by atoms with Gasteiger partial charge < -0.3 is 14.4 Å². The number of amides is 1. The zero-order valence-corrected chi connectivity index (χ0v) is 22.4. The molecular weight excluding hydrogens is 546 g/mol. The Labute approximate surface area is 218 Å². The van der Waals surface area contributed by atoms with Crippen molar-refractivity contribution in [2.75, 3.05) is 25.7 Å². The Kier molecular flexibility index (Phi) is 6.17. The van der Waals surface area contributed by atoms with Crippen LogP contribution in [0.25, 0.3) is 5.57 Å². The van der Waals surface area contributed by atoms with Gasteiger partial charge in [-0.3, -0.25) is 14.2 Å². The second kappa shape index (κ2) is 9.18. The number of rotatable bonds is 4. The summed E-state index contributed by atoms with van der Waals surface area (Å²) in [6.45, 7) is 3.63. The second-order valence-electron chi connectivity index (χ2n) is 8.27. The number of hydrogen-bond acceptors (Lipinski definition) is 7. The van der Waals surface area contributed by atoms with Crippen molar-refractivity contribution in [3.05, 3.63) is 89.0 Å². The lowest BCUT2D eigenvalue weighted by molar-refractivity contribution is -0.139. The minimum Gasteiger partial charge on any atom is -0.496 e. The van der Waals surface area contributed by atoms with Gasteiger partial charge in [0.1, 0.15) is 10.3 Å². The van der Waals surface area contributed by atoms with Gasteiger partial charge in [0.05, 0.1) is 46.8 Å². The van der Waals surface area contributed by atoms with Crippen LogP contribution in [0.1, 0.15) is 31.0 Å². The number of anilines is 1. The van der Waals surface area contributed by atoms with Gasteiger partial charge in [-0.2, -0.15) is 0 Å². The summed E-state index contributed by atoms with van der Waals surface area (Å²) in [6, 6.07) is 12.0. The van der Waals surface area contributed by atoms with Gasteiger partial charge in [-0.25, -0.2) is 9.79 Å². The third-order valence-corrected chi connectivity index (χ3v) is 7.94. The Balaban J connectivity index is 1.83. The predicted octanol–water partition coefficient (Wildman–Crippen LogP) is 2.92. The van der Waals surface area contributed by atoms with Crippen LogP contribution in [0, 0.1) is 0 Å². The van der Waals surface area contributed by atoms with Crippen molar-refractivity contribution in [1.29, 1.82) is 0 Å². The summed E-state index contributed by atoms with van der Waals surface area (Å²) in [6.07, 6.45) is 0. The van der Waals surface area contributed by atoms with Gasteiger partial charge in [-0.15, -0.1) is 0 Å². The first kappa shape index (κ1) is 24.2. The van der Waals surface area contributed by atoms with Crippen LogP contribution in [-0.4, -0.2) is 37.2 Å². The average molecular weight is 568 g/mol. The molecule has 36 heavy (non-hydrogen) atoms. The number of carbonyl (C=O) groups excluding carboxylic acids is 2. The summed E-state index contributed by atoms with van der Waals surface area (Å²) in [7, 11) is 3.25. The Bertz CT molecular complexity index is 1650. The fourth-order valence-electron chi connectivity index (χ4n) is 4.60. The second-order valence-corrected chi connectivity index (χ2v) is 10.1. The van der Waals surface area contributed by atoms with Crippen molar-refractivity contribution < 1.29 is 19.1 Å². The molecule has 5 rings (SSSR count). The summed E-state index contributed by atoms with van der Waals surface area (Å²) < 4.78 is 13.1. The highest BCUT2D eigenvalue weighted by Crippen LogP contribution is 2.36. The molecule has 0 unspecified atom stereocenters. The highest BCUT2D eigenvalue weighted by atomic mass is 79.9. The van der Waals surface area contributed by atoms with Crippen molar-refractivity contribution in [3.8, 4) is 5.75 Å². The molecule has 1 aromatic heterocycles. The van der Waals surface area contributed by atoms with Crippen molar-refractivity contribution in [1.82, 2.24) is 4.57 Å². The molecule has 0 saturated heterocycles. The Morgan fingerprint density at radius 2 is 1.94 bits per heavy atom. The first-order chi connectivity index (χ1) is 17.3. The number of likely N-dealkylation sites (N-methyl/N-ethyl adjacent to an activating group) is 1. The Morgan fingerprint density at radius 3 is 2.64 bits per heavy atom. The third kappa shape index (κ3) is 3.63. The number of nitrogens with zero attached hydrogens (tertiary/aromatic N) is 3. The zero-order valence-electron chi connectivity index (χ0n) is 20.0. The molecule has 0 fully saturated rings. The van der Waals surface area contributed by atoms with E-state index in [1.54, 1.807) is 40.1 Å². The number of fused-ring (bicyclic) bond motifs is 2. The van der Waals surface area contributed by atoms with E-state index < -0.39 is 17.6 Å². The van der Waals surface area contributed by atoms with Crippen LogP contribution in [0.3, 0.4) is 0 Å². The number of allylic oxidation sites excluding steroid dienone is 1. The molecular formula is C26H22BrN3O5S. The Hall–Kier alpha value is -3.50. The first-order valence-corrected chi connectivity index (χ1v) is 12.8. The molecule has 1 amide bonds. The number of halogens is 1. The summed E-state index contributed by atoms with van der Waals surface area (Å²) in [5, 5.41) is 0. The highest BCUT2D eigenvalue weighted by Gasteiger charge is 2.36. The largest absolute Gasteiger partial charge is 0.496 e. The maximum absolute atomic E-state index is 14.0. The normalized spacial score (nSPS) is 18.1. The fraction of sp³-hybridized carbons (Fsp3) is 0.231. The van der Waals surface area contributed by atoms with E-state index in [0.717, 1.165) is 17.0 Å². The molecule has 0 radical (unpaired) electrons. The minimum absolute atomic E-state index is 0.181. The van der Waals surface area contributed by atoms with Crippen molar-refractivity contribution in [2.24, 2.45) is 4.99 Å². The molecule has 0 saturated carbocycles.